The second-order valence-electron chi connectivity index (χ2n) is 8.65. The first-order chi connectivity index (χ1) is 14.6. The van der Waals surface area contributed by atoms with E-state index in [0.29, 0.717) is 0 Å². The molecule has 3 aromatic rings. The third-order valence-corrected chi connectivity index (χ3v) is 6.04. The molecular weight excluding hydrogens is 408 g/mol. The molecule has 3 heterocycles. The number of hydrogen-bond acceptors (Lipinski definition) is 5. The van der Waals surface area contributed by atoms with Gasteiger partial charge in [0.15, 0.2) is 0 Å². The molecule has 1 aromatic carbocycles. The second-order valence-corrected chi connectivity index (χ2v) is 8.65. The molecule has 7 heteroatoms. The summed E-state index contributed by atoms with van der Waals surface area (Å²) in [6.07, 6.45) is 11.2. The highest BCUT2D eigenvalue weighted by Gasteiger charge is 2.20. The van der Waals surface area contributed by atoms with Crippen LogP contribution in [0.2, 0.25) is 0 Å². The van der Waals surface area contributed by atoms with Crippen molar-refractivity contribution in [3.63, 3.8) is 0 Å². The number of anilines is 1. The van der Waals surface area contributed by atoms with Crippen molar-refractivity contribution >= 4 is 18.4 Å². The molecule has 1 aliphatic rings. The Morgan fingerprint density at radius 2 is 1.71 bits per heavy atom. The lowest BCUT2D eigenvalue weighted by Crippen LogP contribution is -2.34. The van der Waals surface area contributed by atoms with Gasteiger partial charge in [-0.1, -0.05) is 37.3 Å². The number of aromatic nitrogens is 4. The molecule has 1 fully saturated rings. The quantitative estimate of drug-likeness (QED) is 0.539. The lowest BCUT2D eigenvalue weighted by molar-refractivity contribution is 0.367. The van der Waals surface area contributed by atoms with Gasteiger partial charge in [-0.25, -0.2) is 15.0 Å². The third kappa shape index (κ3) is 5.63. The summed E-state index contributed by atoms with van der Waals surface area (Å²) in [5, 5.41) is 0. The van der Waals surface area contributed by atoms with E-state index in [1.54, 1.807) is 0 Å². The van der Waals surface area contributed by atoms with Crippen molar-refractivity contribution in [3.8, 4) is 11.3 Å². The van der Waals surface area contributed by atoms with Crippen molar-refractivity contribution < 1.29 is 0 Å². The van der Waals surface area contributed by atoms with E-state index in [-0.39, 0.29) is 18.4 Å². The van der Waals surface area contributed by atoms with Gasteiger partial charge in [-0.3, -0.25) is 0 Å². The fraction of sp³-hybridized carbons (Fsp3) is 0.458. The van der Waals surface area contributed by atoms with Crippen LogP contribution in [0.3, 0.4) is 0 Å². The first kappa shape index (κ1) is 23.2. The summed E-state index contributed by atoms with van der Waals surface area (Å²) in [5.74, 6) is 1.64. The maximum absolute atomic E-state index is 4.70. The number of piperidine rings is 1. The number of rotatable bonds is 7. The lowest BCUT2D eigenvalue weighted by atomic mass is 10.00. The van der Waals surface area contributed by atoms with Crippen molar-refractivity contribution in [2.24, 2.45) is 5.92 Å². The van der Waals surface area contributed by atoms with Gasteiger partial charge in [0.2, 0.25) is 5.95 Å². The van der Waals surface area contributed by atoms with E-state index < -0.39 is 0 Å². The monoisotopic (exact) mass is 440 g/mol. The predicted octanol–water partition coefficient (Wildman–Crippen LogP) is 4.54. The SMILES string of the molecule is CC1CCN(c2ncc(-c3cncn3C(CCN(C)C)c3ccccc3)cn2)CC1.Cl. The lowest BCUT2D eigenvalue weighted by Gasteiger charge is -2.30. The molecular formula is C24H33ClN6. The Hall–Kier alpha value is -2.44. The van der Waals surface area contributed by atoms with Crippen LogP contribution in [0.1, 0.15) is 37.8 Å². The van der Waals surface area contributed by atoms with Gasteiger partial charge in [-0.2, -0.15) is 0 Å². The van der Waals surface area contributed by atoms with Crippen molar-refractivity contribution in [2.75, 3.05) is 38.6 Å². The molecule has 1 unspecified atom stereocenters. The predicted molar refractivity (Wildman–Crippen MR) is 129 cm³/mol. The zero-order valence-electron chi connectivity index (χ0n) is 18.7. The zero-order valence-corrected chi connectivity index (χ0v) is 19.5. The molecule has 0 aliphatic carbocycles. The summed E-state index contributed by atoms with van der Waals surface area (Å²) in [5.41, 5.74) is 3.35. The van der Waals surface area contributed by atoms with Crippen LogP contribution < -0.4 is 4.90 Å². The van der Waals surface area contributed by atoms with Gasteiger partial charge in [-0.05, 0) is 51.4 Å². The van der Waals surface area contributed by atoms with Gasteiger partial charge in [0.1, 0.15) is 0 Å². The van der Waals surface area contributed by atoms with E-state index in [1.807, 2.05) is 24.9 Å². The van der Waals surface area contributed by atoms with Crippen molar-refractivity contribution in [2.45, 2.75) is 32.2 Å². The molecule has 1 aliphatic heterocycles. The Kier molecular flexibility index (Phi) is 8.04. The topological polar surface area (TPSA) is 50.1 Å². The minimum atomic E-state index is 0. The summed E-state index contributed by atoms with van der Waals surface area (Å²) in [7, 11) is 4.23. The Morgan fingerprint density at radius 3 is 2.35 bits per heavy atom. The van der Waals surface area contributed by atoms with E-state index in [1.165, 1.54) is 18.4 Å². The number of benzene rings is 1. The maximum Gasteiger partial charge on any atom is 0.225 e. The summed E-state index contributed by atoms with van der Waals surface area (Å²) < 4.78 is 2.26. The van der Waals surface area contributed by atoms with E-state index in [2.05, 4.69) is 70.7 Å². The normalized spacial score (nSPS) is 15.7. The highest BCUT2D eigenvalue weighted by molar-refractivity contribution is 5.85. The average molecular weight is 441 g/mol. The van der Waals surface area contributed by atoms with E-state index >= 15 is 0 Å². The fourth-order valence-corrected chi connectivity index (χ4v) is 4.12. The summed E-state index contributed by atoms with van der Waals surface area (Å²) in [6.45, 7) is 5.40. The molecule has 1 saturated heterocycles. The van der Waals surface area contributed by atoms with Gasteiger partial charge in [0, 0.05) is 31.0 Å². The summed E-state index contributed by atoms with van der Waals surface area (Å²) in [4.78, 5) is 18.4. The molecule has 4 rings (SSSR count). The molecule has 31 heavy (non-hydrogen) atoms. The van der Waals surface area contributed by atoms with Gasteiger partial charge < -0.3 is 14.4 Å². The van der Waals surface area contributed by atoms with Crippen molar-refractivity contribution in [1.29, 1.82) is 0 Å². The number of halogens is 1. The Bertz CT molecular complexity index is 917. The number of nitrogens with zero attached hydrogens (tertiary/aromatic N) is 6. The summed E-state index contributed by atoms with van der Waals surface area (Å²) >= 11 is 0. The standard InChI is InChI=1S/C24H32N6.ClH/c1-19-9-13-29(14-10-19)24-26-15-21(16-27-24)23-17-25-18-30(23)22(11-12-28(2)3)20-7-5-4-6-8-20;/h4-8,15-19,22H,9-14H2,1-3H3;1H. The molecule has 1 atom stereocenters. The minimum Gasteiger partial charge on any atom is -0.341 e. The number of hydrogen-bond donors (Lipinski definition) is 0. The summed E-state index contributed by atoms with van der Waals surface area (Å²) in [6, 6.07) is 10.9. The van der Waals surface area contributed by atoms with Gasteiger partial charge in [0.05, 0.1) is 24.3 Å². The molecule has 0 saturated carbocycles. The van der Waals surface area contributed by atoms with E-state index in [9.17, 15) is 0 Å². The Balaban J connectivity index is 0.00000272. The van der Waals surface area contributed by atoms with Crippen LogP contribution in [-0.4, -0.2) is 58.1 Å². The van der Waals surface area contributed by atoms with Crippen molar-refractivity contribution in [1.82, 2.24) is 24.4 Å². The smallest absolute Gasteiger partial charge is 0.225 e. The number of imidazole rings is 1. The van der Waals surface area contributed by atoms with Gasteiger partial charge in [0.25, 0.3) is 0 Å². The van der Waals surface area contributed by atoms with E-state index in [0.717, 1.165) is 49.2 Å². The first-order valence-electron chi connectivity index (χ1n) is 10.9. The van der Waals surface area contributed by atoms with Gasteiger partial charge in [-0.15, -0.1) is 12.4 Å². The highest BCUT2D eigenvalue weighted by Crippen LogP contribution is 2.29. The largest absolute Gasteiger partial charge is 0.341 e. The van der Waals surface area contributed by atoms with Crippen LogP contribution in [0.4, 0.5) is 5.95 Å². The minimum absolute atomic E-state index is 0. The van der Waals surface area contributed by atoms with Gasteiger partial charge >= 0.3 is 0 Å². The molecule has 166 valence electrons. The molecule has 6 nitrogen and oxygen atoms in total. The Morgan fingerprint density at radius 1 is 1.03 bits per heavy atom. The van der Waals surface area contributed by atoms with Crippen LogP contribution in [0.15, 0.2) is 55.2 Å². The van der Waals surface area contributed by atoms with E-state index in [4.69, 9.17) is 9.97 Å². The molecule has 0 N–H and O–H groups in total. The maximum atomic E-state index is 4.70. The molecule has 0 spiro atoms. The highest BCUT2D eigenvalue weighted by atomic mass is 35.5. The van der Waals surface area contributed by atoms with Crippen LogP contribution >= 0.6 is 12.4 Å². The Labute approximate surface area is 191 Å². The zero-order chi connectivity index (χ0) is 20.9. The van der Waals surface area contributed by atoms with Crippen LogP contribution in [0.25, 0.3) is 11.3 Å². The third-order valence-electron chi connectivity index (χ3n) is 6.04. The molecule has 0 amide bonds. The molecule has 0 bridgehead atoms. The molecule has 2 aromatic heterocycles. The van der Waals surface area contributed by atoms with Crippen molar-refractivity contribution in [3.05, 3.63) is 60.8 Å². The van der Waals surface area contributed by atoms with Crippen LogP contribution in [-0.2, 0) is 0 Å². The first-order valence-corrected chi connectivity index (χ1v) is 10.9. The fourth-order valence-electron chi connectivity index (χ4n) is 4.12. The second kappa shape index (κ2) is 10.7. The average Bonchev–Trinajstić information content (AvgIpc) is 3.25. The molecule has 0 radical (unpaired) electrons. The van der Waals surface area contributed by atoms with Crippen LogP contribution in [0.5, 0.6) is 0 Å². The van der Waals surface area contributed by atoms with Crippen LogP contribution in [0, 0.1) is 5.92 Å².